The predicted octanol–water partition coefficient (Wildman–Crippen LogP) is 4.50. The molecule has 0 saturated heterocycles. The highest BCUT2D eigenvalue weighted by Crippen LogP contribution is 2.29. The van der Waals surface area contributed by atoms with E-state index in [0.29, 0.717) is 21.9 Å². The van der Waals surface area contributed by atoms with Gasteiger partial charge in [0.1, 0.15) is 23.0 Å². The molecule has 2 N–H and O–H groups in total. The summed E-state index contributed by atoms with van der Waals surface area (Å²) in [6.45, 7) is 0. The number of benzene rings is 2. The molecule has 1 heterocycles. The number of ether oxygens (including phenoxy) is 1. The summed E-state index contributed by atoms with van der Waals surface area (Å²) in [5, 5.41) is 12.3. The standard InChI is InChI=1S/C22H18ClFN2O4/c1-30-19-10-9-17(25-21(19)13-5-4-6-14(24)11-13)22(29)26-18(12-20(27)28)15-7-2-3-8-16(15)23/h2-11,18H,12H2,1H3,(H,26,29)(H,27,28). The number of aromatic nitrogens is 1. The zero-order valence-corrected chi connectivity index (χ0v) is 16.7. The topological polar surface area (TPSA) is 88.5 Å². The van der Waals surface area contributed by atoms with Gasteiger partial charge in [0.15, 0.2) is 0 Å². The van der Waals surface area contributed by atoms with Gasteiger partial charge < -0.3 is 15.2 Å². The fraction of sp³-hybridized carbons (Fsp3) is 0.136. The molecular weight excluding hydrogens is 411 g/mol. The third-order valence-corrected chi connectivity index (χ3v) is 4.72. The van der Waals surface area contributed by atoms with Gasteiger partial charge in [-0.1, -0.05) is 41.9 Å². The number of nitrogens with zero attached hydrogens (tertiary/aromatic N) is 1. The Hall–Kier alpha value is -3.45. The summed E-state index contributed by atoms with van der Waals surface area (Å²) in [7, 11) is 1.44. The number of carbonyl (C=O) groups excluding carboxylic acids is 1. The molecular formula is C22H18ClFN2O4. The van der Waals surface area contributed by atoms with Crippen LogP contribution in [0.5, 0.6) is 5.75 Å². The van der Waals surface area contributed by atoms with Crippen LogP contribution in [0.3, 0.4) is 0 Å². The molecule has 1 aromatic heterocycles. The molecule has 6 nitrogen and oxygen atoms in total. The minimum absolute atomic E-state index is 0.0255. The van der Waals surface area contributed by atoms with Crippen molar-refractivity contribution in [3.63, 3.8) is 0 Å². The second kappa shape index (κ2) is 9.37. The lowest BCUT2D eigenvalue weighted by atomic mass is 10.0. The Labute approximate surface area is 177 Å². The molecule has 0 radical (unpaired) electrons. The maximum Gasteiger partial charge on any atom is 0.305 e. The highest BCUT2D eigenvalue weighted by Gasteiger charge is 2.22. The number of carboxylic acid groups (broad SMARTS) is 1. The van der Waals surface area contributed by atoms with Crippen LogP contribution in [0.4, 0.5) is 4.39 Å². The highest BCUT2D eigenvalue weighted by atomic mass is 35.5. The lowest BCUT2D eigenvalue weighted by Gasteiger charge is -2.19. The van der Waals surface area contributed by atoms with E-state index < -0.39 is 23.7 Å². The summed E-state index contributed by atoms with van der Waals surface area (Å²) in [5.41, 5.74) is 1.23. The number of halogens is 2. The number of hydrogen-bond acceptors (Lipinski definition) is 4. The normalized spacial score (nSPS) is 11.6. The zero-order valence-electron chi connectivity index (χ0n) is 15.9. The predicted molar refractivity (Wildman–Crippen MR) is 110 cm³/mol. The van der Waals surface area contributed by atoms with Crippen LogP contribution < -0.4 is 10.1 Å². The Balaban J connectivity index is 1.94. The number of carboxylic acids is 1. The number of methoxy groups -OCH3 is 1. The number of aliphatic carboxylic acids is 1. The number of nitrogens with one attached hydrogen (secondary N) is 1. The molecule has 0 spiro atoms. The summed E-state index contributed by atoms with van der Waals surface area (Å²) >= 11 is 6.18. The lowest BCUT2D eigenvalue weighted by Crippen LogP contribution is -2.31. The third kappa shape index (κ3) is 4.93. The smallest absolute Gasteiger partial charge is 0.305 e. The molecule has 30 heavy (non-hydrogen) atoms. The maximum absolute atomic E-state index is 13.7. The summed E-state index contributed by atoms with van der Waals surface area (Å²) in [5.74, 6) is -1.78. The SMILES string of the molecule is COc1ccc(C(=O)NC(CC(=O)O)c2ccccc2Cl)nc1-c1cccc(F)c1. The van der Waals surface area contributed by atoms with Crippen LogP contribution in [0.2, 0.25) is 5.02 Å². The first-order valence-electron chi connectivity index (χ1n) is 8.97. The van der Waals surface area contributed by atoms with E-state index in [1.165, 1.54) is 31.4 Å². The largest absolute Gasteiger partial charge is 0.494 e. The molecule has 3 aromatic rings. The number of carbonyl (C=O) groups is 2. The maximum atomic E-state index is 13.7. The second-order valence-electron chi connectivity index (χ2n) is 6.40. The Bertz CT molecular complexity index is 1090. The van der Waals surface area contributed by atoms with Crippen molar-refractivity contribution in [3.8, 4) is 17.0 Å². The quantitative estimate of drug-likeness (QED) is 0.578. The summed E-state index contributed by atoms with van der Waals surface area (Å²) in [6.07, 6.45) is -0.359. The molecule has 0 bridgehead atoms. The van der Waals surface area contributed by atoms with Crippen molar-refractivity contribution < 1.29 is 23.8 Å². The van der Waals surface area contributed by atoms with Crippen molar-refractivity contribution in [3.05, 3.63) is 82.8 Å². The van der Waals surface area contributed by atoms with E-state index in [-0.39, 0.29) is 17.8 Å². The number of pyridine rings is 1. The summed E-state index contributed by atoms with van der Waals surface area (Å²) in [6, 6.07) is 14.6. The average Bonchev–Trinajstić information content (AvgIpc) is 2.72. The van der Waals surface area contributed by atoms with Crippen molar-refractivity contribution in [2.75, 3.05) is 7.11 Å². The van der Waals surface area contributed by atoms with Gasteiger partial charge in [0.2, 0.25) is 0 Å². The van der Waals surface area contributed by atoms with Crippen molar-refractivity contribution in [1.82, 2.24) is 10.3 Å². The first-order valence-corrected chi connectivity index (χ1v) is 9.35. The second-order valence-corrected chi connectivity index (χ2v) is 6.81. The molecule has 1 atom stereocenters. The molecule has 0 saturated carbocycles. The van der Waals surface area contributed by atoms with Gasteiger partial charge in [-0.3, -0.25) is 9.59 Å². The molecule has 154 valence electrons. The van der Waals surface area contributed by atoms with Crippen LogP contribution in [0, 0.1) is 5.82 Å². The lowest BCUT2D eigenvalue weighted by molar-refractivity contribution is -0.137. The third-order valence-electron chi connectivity index (χ3n) is 4.37. The van der Waals surface area contributed by atoms with E-state index in [4.69, 9.17) is 16.3 Å². The molecule has 0 aliphatic carbocycles. The van der Waals surface area contributed by atoms with Crippen molar-refractivity contribution >= 4 is 23.5 Å². The minimum atomic E-state index is -1.09. The van der Waals surface area contributed by atoms with E-state index in [9.17, 15) is 19.1 Å². The van der Waals surface area contributed by atoms with Crippen LogP contribution in [-0.2, 0) is 4.79 Å². The van der Waals surface area contributed by atoms with Gasteiger partial charge in [-0.25, -0.2) is 9.37 Å². The zero-order chi connectivity index (χ0) is 21.7. The van der Waals surface area contributed by atoms with Crippen molar-refractivity contribution in [2.24, 2.45) is 0 Å². The van der Waals surface area contributed by atoms with Crippen LogP contribution in [-0.4, -0.2) is 29.1 Å². The molecule has 2 aromatic carbocycles. The summed E-state index contributed by atoms with van der Waals surface area (Å²) < 4.78 is 18.9. The Morgan fingerprint density at radius 1 is 1.17 bits per heavy atom. The van der Waals surface area contributed by atoms with Crippen molar-refractivity contribution in [2.45, 2.75) is 12.5 Å². The molecule has 0 aliphatic rings. The van der Waals surface area contributed by atoms with E-state index in [2.05, 4.69) is 10.3 Å². The summed E-state index contributed by atoms with van der Waals surface area (Å²) in [4.78, 5) is 28.5. The Morgan fingerprint density at radius 3 is 2.60 bits per heavy atom. The number of hydrogen-bond donors (Lipinski definition) is 2. The number of amides is 1. The Morgan fingerprint density at radius 2 is 1.93 bits per heavy atom. The molecule has 0 aliphatic heterocycles. The highest BCUT2D eigenvalue weighted by molar-refractivity contribution is 6.31. The van der Waals surface area contributed by atoms with Gasteiger partial charge in [0, 0.05) is 10.6 Å². The molecule has 1 amide bonds. The van der Waals surface area contributed by atoms with Crippen LogP contribution in [0.15, 0.2) is 60.7 Å². The van der Waals surface area contributed by atoms with E-state index in [1.54, 1.807) is 36.4 Å². The van der Waals surface area contributed by atoms with Crippen LogP contribution in [0.1, 0.15) is 28.5 Å². The monoisotopic (exact) mass is 428 g/mol. The molecule has 8 heteroatoms. The van der Waals surface area contributed by atoms with Gasteiger partial charge in [-0.05, 0) is 35.9 Å². The minimum Gasteiger partial charge on any atom is -0.494 e. The first kappa shape index (κ1) is 21.3. The molecule has 1 unspecified atom stereocenters. The van der Waals surface area contributed by atoms with Gasteiger partial charge in [0.25, 0.3) is 5.91 Å². The van der Waals surface area contributed by atoms with Gasteiger partial charge >= 0.3 is 5.97 Å². The number of rotatable bonds is 7. The van der Waals surface area contributed by atoms with Crippen LogP contribution in [0.25, 0.3) is 11.3 Å². The fourth-order valence-corrected chi connectivity index (χ4v) is 3.25. The van der Waals surface area contributed by atoms with Crippen LogP contribution >= 0.6 is 11.6 Å². The van der Waals surface area contributed by atoms with Crippen molar-refractivity contribution in [1.29, 1.82) is 0 Å². The average molecular weight is 429 g/mol. The van der Waals surface area contributed by atoms with Gasteiger partial charge in [-0.15, -0.1) is 0 Å². The molecule has 0 fully saturated rings. The van der Waals surface area contributed by atoms with Gasteiger partial charge in [-0.2, -0.15) is 0 Å². The van der Waals surface area contributed by atoms with Gasteiger partial charge in [0.05, 0.1) is 19.6 Å². The van der Waals surface area contributed by atoms with E-state index in [1.807, 2.05) is 0 Å². The Kier molecular flexibility index (Phi) is 6.64. The van der Waals surface area contributed by atoms with E-state index in [0.717, 1.165) is 0 Å². The van der Waals surface area contributed by atoms with E-state index >= 15 is 0 Å². The molecule has 3 rings (SSSR count). The first-order chi connectivity index (χ1) is 14.4. The fourth-order valence-electron chi connectivity index (χ4n) is 2.98.